The summed E-state index contributed by atoms with van der Waals surface area (Å²) in [6, 6.07) is -1.35. The Hall–Kier alpha value is -1.15. The average molecular weight is 343 g/mol. The summed E-state index contributed by atoms with van der Waals surface area (Å²) in [5, 5.41) is 18.4. The van der Waals surface area contributed by atoms with Gasteiger partial charge in [0.15, 0.2) is 5.85 Å². The molecule has 0 aromatic heterocycles. The fourth-order valence-electron chi connectivity index (χ4n) is 1.87. The van der Waals surface area contributed by atoms with Crippen LogP contribution in [0.4, 0.5) is 13.2 Å². The van der Waals surface area contributed by atoms with Crippen LogP contribution in [0.5, 0.6) is 0 Å². The van der Waals surface area contributed by atoms with Crippen LogP contribution in [-0.4, -0.2) is 45.3 Å². The van der Waals surface area contributed by atoms with E-state index in [0.717, 1.165) is 18.2 Å². The molecule has 1 rings (SSSR count). The molecule has 126 valence electrons. The number of nitrogens with two attached hydrogens (primary N) is 1. The average Bonchev–Trinajstić information content (AvgIpc) is 2.43. The van der Waals surface area contributed by atoms with Crippen LogP contribution in [0.1, 0.15) is 12.8 Å². The minimum Gasteiger partial charge on any atom is -0.480 e. The first kappa shape index (κ1) is 18.9. The second-order valence-electron chi connectivity index (χ2n) is 5.03. The predicted molar refractivity (Wildman–Crippen MR) is 72.3 cm³/mol. The van der Waals surface area contributed by atoms with Crippen LogP contribution in [0.25, 0.3) is 0 Å². The highest BCUT2D eigenvalue weighted by molar-refractivity contribution is 7.58. The summed E-state index contributed by atoms with van der Waals surface area (Å²) < 4.78 is 49.4. The number of alkyl halides is 3. The molecular weight excluding hydrogens is 326 g/mol. The van der Waals surface area contributed by atoms with Crippen molar-refractivity contribution in [3.63, 3.8) is 0 Å². The molecule has 0 aromatic carbocycles. The monoisotopic (exact) mass is 343 g/mol. The van der Waals surface area contributed by atoms with Crippen molar-refractivity contribution in [2.75, 3.05) is 6.16 Å². The zero-order valence-corrected chi connectivity index (χ0v) is 12.3. The summed E-state index contributed by atoms with van der Waals surface area (Å²) in [4.78, 5) is 20.3. The maximum absolute atomic E-state index is 12.5. The SMILES string of the molecule is N[C@@H](CCP(=O)(O)C(O)C1=CCC(C(F)(F)F)C=C1)C(=O)O. The molecule has 0 aromatic rings. The van der Waals surface area contributed by atoms with E-state index in [1.807, 2.05) is 0 Å². The van der Waals surface area contributed by atoms with Gasteiger partial charge in [-0.2, -0.15) is 13.2 Å². The van der Waals surface area contributed by atoms with E-state index in [9.17, 15) is 32.5 Å². The Kier molecular flexibility index (Phi) is 5.97. The van der Waals surface area contributed by atoms with Gasteiger partial charge in [0, 0.05) is 6.16 Å². The van der Waals surface area contributed by atoms with Crippen LogP contribution >= 0.6 is 7.37 Å². The number of hydrogen-bond donors (Lipinski definition) is 4. The van der Waals surface area contributed by atoms with Gasteiger partial charge in [-0.3, -0.25) is 9.36 Å². The molecule has 1 aliphatic rings. The molecule has 0 fully saturated rings. The Balaban J connectivity index is 2.70. The molecule has 0 spiro atoms. The normalized spacial score (nSPS) is 24.3. The van der Waals surface area contributed by atoms with Gasteiger partial charge in [-0.15, -0.1) is 0 Å². The van der Waals surface area contributed by atoms with Gasteiger partial charge in [0.25, 0.3) is 0 Å². The van der Waals surface area contributed by atoms with E-state index in [0.29, 0.717) is 0 Å². The maximum atomic E-state index is 12.5. The van der Waals surface area contributed by atoms with Crippen molar-refractivity contribution in [2.24, 2.45) is 11.7 Å². The lowest BCUT2D eigenvalue weighted by Crippen LogP contribution is -2.31. The first-order chi connectivity index (χ1) is 9.95. The molecule has 22 heavy (non-hydrogen) atoms. The number of aliphatic hydroxyl groups is 1. The second-order valence-corrected chi connectivity index (χ2v) is 7.48. The number of aliphatic carboxylic acids is 1. The van der Waals surface area contributed by atoms with E-state index in [1.165, 1.54) is 0 Å². The van der Waals surface area contributed by atoms with Gasteiger partial charge in [0.1, 0.15) is 6.04 Å². The van der Waals surface area contributed by atoms with Crippen molar-refractivity contribution in [3.8, 4) is 0 Å². The molecule has 1 aliphatic carbocycles. The van der Waals surface area contributed by atoms with Crippen molar-refractivity contribution >= 4 is 13.3 Å². The summed E-state index contributed by atoms with van der Waals surface area (Å²) in [5.74, 6) is -4.90. The number of aliphatic hydroxyl groups excluding tert-OH is 1. The number of carbonyl (C=O) groups is 1. The van der Waals surface area contributed by atoms with E-state index >= 15 is 0 Å². The van der Waals surface area contributed by atoms with Gasteiger partial charge in [-0.05, 0) is 18.4 Å². The highest BCUT2D eigenvalue weighted by atomic mass is 31.2. The van der Waals surface area contributed by atoms with Crippen molar-refractivity contribution < 1.29 is 37.6 Å². The van der Waals surface area contributed by atoms with E-state index in [-0.39, 0.29) is 12.0 Å². The van der Waals surface area contributed by atoms with Crippen molar-refractivity contribution in [1.29, 1.82) is 0 Å². The lowest BCUT2D eigenvalue weighted by molar-refractivity contribution is -0.160. The van der Waals surface area contributed by atoms with Gasteiger partial charge in [-0.25, -0.2) is 0 Å². The summed E-state index contributed by atoms with van der Waals surface area (Å²) in [7, 11) is -4.19. The van der Waals surface area contributed by atoms with Gasteiger partial charge < -0.3 is 20.8 Å². The minimum atomic E-state index is -4.42. The number of rotatable bonds is 6. The van der Waals surface area contributed by atoms with E-state index in [4.69, 9.17) is 10.8 Å². The molecule has 4 atom stereocenters. The van der Waals surface area contributed by atoms with Gasteiger partial charge >= 0.3 is 12.1 Å². The van der Waals surface area contributed by atoms with Gasteiger partial charge in [0.05, 0.1) is 5.92 Å². The predicted octanol–water partition coefficient (Wildman–Crippen LogP) is 1.44. The molecule has 5 N–H and O–H groups in total. The number of carboxylic acid groups (broad SMARTS) is 1. The summed E-state index contributed by atoms with van der Waals surface area (Å²) in [6.07, 6.45) is -2.88. The van der Waals surface area contributed by atoms with E-state index in [2.05, 4.69) is 0 Å². The van der Waals surface area contributed by atoms with Crippen LogP contribution in [-0.2, 0) is 9.36 Å². The van der Waals surface area contributed by atoms with Crippen LogP contribution in [0.3, 0.4) is 0 Å². The Morgan fingerprint density at radius 3 is 2.50 bits per heavy atom. The number of halogens is 3. The molecule has 3 unspecified atom stereocenters. The molecule has 0 amide bonds. The van der Waals surface area contributed by atoms with Crippen molar-refractivity contribution in [3.05, 3.63) is 23.8 Å². The topological polar surface area (TPSA) is 121 Å². The zero-order valence-electron chi connectivity index (χ0n) is 11.4. The van der Waals surface area contributed by atoms with E-state index < -0.39 is 49.9 Å². The van der Waals surface area contributed by atoms with Crippen LogP contribution in [0, 0.1) is 5.92 Å². The lowest BCUT2D eigenvalue weighted by atomic mass is 9.96. The maximum Gasteiger partial charge on any atom is 0.395 e. The Morgan fingerprint density at radius 1 is 1.50 bits per heavy atom. The smallest absolute Gasteiger partial charge is 0.395 e. The molecular formula is C12H17F3NO5P. The fraction of sp³-hybridized carbons (Fsp3) is 0.583. The number of allylic oxidation sites excluding steroid dienone is 2. The largest absolute Gasteiger partial charge is 0.480 e. The first-order valence-electron chi connectivity index (χ1n) is 6.38. The number of carboxylic acids is 1. The molecule has 6 nitrogen and oxygen atoms in total. The lowest BCUT2D eigenvalue weighted by Gasteiger charge is -2.24. The Labute approximate surface area is 124 Å². The minimum absolute atomic E-state index is 0.0878. The fourth-order valence-corrected chi connectivity index (χ4v) is 3.42. The highest BCUT2D eigenvalue weighted by Gasteiger charge is 2.39. The summed E-state index contributed by atoms with van der Waals surface area (Å²) in [6.45, 7) is 0. The quantitative estimate of drug-likeness (QED) is 0.542. The van der Waals surface area contributed by atoms with E-state index in [1.54, 1.807) is 0 Å². The summed E-state index contributed by atoms with van der Waals surface area (Å²) >= 11 is 0. The number of hydrogen-bond acceptors (Lipinski definition) is 4. The Bertz CT molecular complexity index is 531. The van der Waals surface area contributed by atoms with Gasteiger partial charge in [-0.1, -0.05) is 18.2 Å². The van der Waals surface area contributed by atoms with Crippen LogP contribution < -0.4 is 5.73 Å². The van der Waals surface area contributed by atoms with Crippen LogP contribution in [0.2, 0.25) is 0 Å². The van der Waals surface area contributed by atoms with Crippen molar-refractivity contribution in [2.45, 2.75) is 30.9 Å². The molecule has 0 saturated heterocycles. The molecule has 10 heteroatoms. The zero-order chi connectivity index (χ0) is 17.1. The van der Waals surface area contributed by atoms with Crippen molar-refractivity contribution in [1.82, 2.24) is 0 Å². The molecule has 0 heterocycles. The standard InChI is InChI=1S/C12H17F3NO5P/c13-12(14,15)8-3-1-7(2-4-8)11(19)22(20,21)6-5-9(16)10(17)18/h1-3,8-9,11,19H,4-6,16H2,(H,17,18)(H,20,21)/t8?,9-,11?/m0/s1. The Morgan fingerprint density at radius 2 is 2.09 bits per heavy atom. The third-order valence-electron chi connectivity index (χ3n) is 3.31. The first-order valence-corrected chi connectivity index (χ1v) is 8.29. The second kappa shape index (κ2) is 6.95. The third-order valence-corrected chi connectivity index (χ3v) is 5.27. The molecule has 0 bridgehead atoms. The molecule has 0 saturated carbocycles. The van der Waals surface area contributed by atoms with Crippen LogP contribution in [0.15, 0.2) is 23.8 Å². The highest BCUT2D eigenvalue weighted by Crippen LogP contribution is 2.49. The third kappa shape index (κ3) is 4.95. The van der Waals surface area contributed by atoms with Gasteiger partial charge in [0.2, 0.25) is 7.37 Å². The summed E-state index contributed by atoms with van der Waals surface area (Å²) in [5.41, 5.74) is 5.11. The molecule has 0 radical (unpaired) electrons. The molecule has 0 aliphatic heterocycles.